The quantitative estimate of drug-likeness (QED) is 0.826. The van der Waals surface area contributed by atoms with E-state index in [0.29, 0.717) is 6.04 Å². The van der Waals surface area contributed by atoms with Crippen molar-refractivity contribution in [2.75, 3.05) is 6.54 Å². The van der Waals surface area contributed by atoms with E-state index in [0.717, 1.165) is 18.9 Å². The van der Waals surface area contributed by atoms with Gasteiger partial charge in [0.15, 0.2) is 0 Å². The largest absolute Gasteiger partial charge is 0.314 e. The van der Waals surface area contributed by atoms with Gasteiger partial charge in [-0.25, -0.2) is 4.39 Å². The summed E-state index contributed by atoms with van der Waals surface area (Å²) < 4.78 is 12.7. The predicted molar refractivity (Wildman–Crippen MR) is 64.9 cm³/mol. The van der Waals surface area contributed by atoms with Crippen LogP contribution in [0, 0.1) is 11.7 Å². The van der Waals surface area contributed by atoms with Crippen LogP contribution in [0.5, 0.6) is 0 Å². The monoisotopic (exact) mass is 221 g/mol. The summed E-state index contributed by atoms with van der Waals surface area (Å²) in [6.07, 6.45) is 4.90. The molecule has 1 aromatic carbocycles. The minimum absolute atomic E-state index is 0.142. The van der Waals surface area contributed by atoms with Crippen LogP contribution in [-0.2, 0) is 6.42 Å². The molecule has 1 aliphatic rings. The molecule has 2 unspecified atom stereocenters. The first kappa shape index (κ1) is 11.6. The fourth-order valence-corrected chi connectivity index (χ4v) is 2.33. The lowest BCUT2D eigenvalue weighted by molar-refractivity contribution is 0.309. The maximum absolute atomic E-state index is 12.7. The molecule has 0 spiro atoms. The first-order valence-corrected chi connectivity index (χ1v) is 6.22. The Balaban J connectivity index is 1.77. The summed E-state index contributed by atoms with van der Waals surface area (Å²) in [5.41, 5.74) is 1.25. The maximum Gasteiger partial charge on any atom is 0.123 e. The molecule has 0 radical (unpaired) electrons. The fourth-order valence-electron chi connectivity index (χ4n) is 2.33. The van der Waals surface area contributed by atoms with Crippen LogP contribution < -0.4 is 5.32 Å². The highest BCUT2D eigenvalue weighted by molar-refractivity contribution is 5.16. The third-order valence-corrected chi connectivity index (χ3v) is 3.52. The van der Waals surface area contributed by atoms with Crippen molar-refractivity contribution in [1.29, 1.82) is 0 Å². The number of piperidine rings is 1. The first-order chi connectivity index (χ1) is 7.74. The average molecular weight is 221 g/mol. The van der Waals surface area contributed by atoms with Crippen molar-refractivity contribution in [2.45, 2.75) is 38.6 Å². The number of benzene rings is 1. The average Bonchev–Trinajstić information content (AvgIpc) is 2.30. The van der Waals surface area contributed by atoms with Crippen molar-refractivity contribution in [3.05, 3.63) is 35.6 Å². The maximum atomic E-state index is 12.7. The Morgan fingerprint density at radius 1 is 1.25 bits per heavy atom. The Bertz CT molecular complexity index is 312. The summed E-state index contributed by atoms with van der Waals surface area (Å²) in [6, 6.07) is 7.58. The van der Waals surface area contributed by atoms with E-state index >= 15 is 0 Å². The van der Waals surface area contributed by atoms with Crippen molar-refractivity contribution in [1.82, 2.24) is 5.32 Å². The summed E-state index contributed by atoms with van der Waals surface area (Å²) in [4.78, 5) is 0. The minimum Gasteiger partial charge on any atom is -0.314 e. The Morgan fingerprint density at radius 2 is 2.00 bits per heavy atom. The zero-order valence-electron chi connectivity index (χ0n) is 9.88. The number of halogens is 1. The lowest BCUT2D eigenvalue weighted by Gasteiger charge is -2.27. The number of nitrogens with one attached hydrogen (secondary N) is 1. The molecule has 1 saturated heterocycles. The van der Waals surface area contributed by atoms with Crippen LogP contribution >= 0.6 is 0 Å². The normalized spacial score (nSPS) is 25.6. The lowest BCUT2D eigenvalue weighted by atomic mass is 9.90. The number of hydrogen-bond acceptors (Lipinski definition) is 1. The topological polar surface area (TPSA) is 12.0 Å². The van der Waals surface area contributed by atoms with E-state index in [-0.39, 0.29) is 5.82 Å². The van der Waals surface area contributed by atoms with Gasteiger partial charge in [0.05, 0.1) is 0 Å². The highest BCUT2D eigenvalue weighted by Gasteiger charge is 2.16. The summed E-state index contributed by atoms with van der Waals surface area (Å²) >= 11 is 0. The van der Waals surface area contributed by atoms with Gasteiger partial charge in [-0.15, -0.1) is 0 Å². The number of rotatable bonds is 3. The molecule has 0 aromatic heterocycles. The van der Waals surface area contributed by atoms with E-state index in [1.165, 1.54) is 24.8 Å². The summed E-state index contributed by atoms with van der Waals surface area (Å²) in [7, 11) is 0. The Kier molecular flexibility index (Phi) is 3.94. The molecule has 1 nitrogen and oxygen atoms in total. The summed E-state index contributed by atoms with van der Waals surface area (Å²) in [5, 5.41) is 3.52. The van der Waals surface area contributed by atoms with Crippen LogP contribution in [0.3, 0.4) is 0 Å². The van der Waals surface area contributed by atoms with E-state index in [1.807, 2.05) is 12.1 Å². The first-order valence-electron chi connectivity index (χ1n) is 6.22. The molecular weight excluding hydrogens is 201 g/mol. The molecule has 0 amide bonds. The van der Waals surface area contributed by atoms with Gasteiger partial charge in [-0.2, -0.15) is 0 Å². The van der Waals surface area contributed by atoms with Crippen LogP contribution in [0.15, 0.2) is 24.3 Å². The van der Waals surface area contributed by atoms with Gasteiger partial charge in [0.2, 0.25) is 0 Å². The standard InChI is InChI=1S/C14H20FN/c1-11-2-3-13(10-16-11)5-4-12-6-8-14(15)9-7-12/h6-9,11,13,16H,2-5,10H2,1H3. The van der Waals surface area contributed by atoms with Gasteiger partial charge in [0.25, 0.3) is 0 Å². The highest BCUT2D eigenvalue weighted by atomic mass is 19.1. The Morgan fingerprint density at radius 3 is 2.62 bits per heavy atom. The van der Waals surface area contributed by atoms with Crippen molar-refractivity contribution >= 4 is 0 Å². The van der Waals surface area contributed by atoms with Gasteiger partial charge in [0.1, 0.15) is 5.82 Å². The van der Waals surface area contributed by atoms with Gasteiger partial charge in [-0.05, 0) is 62.8 Å². The van der Waals surface area contributed by atoms with Gasteiger partial charge >= 0.3 is 0 Å². The molecule has 0 saturated carbocycles. The van der Waals surface area contributed by atoms with Gasteiger partial charge in [-0.3, -0.25) is 0 Å². The molecule has 2 heteroatoms. The third kappa shape index (κ3) is 3.31. The molecule has 88 valence electrons. The molecule has 1 fully saturated rings. The highest BCUT2D eigenvalue weighted by Crippen LogP contribution is 2.19. The Labute approximate surface area is 97.1 Å². The fraction of sp³-hybridized carbons (Fsp3) is 0.571. The van der Waals surface area contributed by atoms with Crippen LogP contribution in [0.1, 0.15) is 31.7 Å². The molecular formula is C14H20FN. The number of aryl methyl sites for hydroxylation is 1. The van der Waals surface area contributed by atoms with E-state index in [1.54, 1.807) is 12.1 Å². The van der Waals surface area contributed by atoms with Gasteiger partial charge in [0, 0.05) is 6.04 Å². The summed E-state index contributed by atoms with van der Waals surface area (Å²) in [6.45, 7) is 3.39. The molecule has 2 atom stereocenters. The molecule has 1 aromatic rings. The van der Waals surface area contributed by atoms with E-state index in [4.69, 9.17) is 0 Å². The molecule has 1 N–H and O–H groups in total. The zero-order chi connectivity index (χ0) is 11.4. The third-order valence-electron chi connectivity index (χ3n) is 3.52. The molecule has 1 aliphatic heterocycles. The minimum atomic E-state index is -0.142. The molecule has 0 bridgehead atoms. The second kappa shape index (κ2) is 5.44. The van der Waals surface area contributed by atoms with Crippen molar-refractivity contribution in [3.8, 4) is 0 Å². The van der Waals surface area contributed by atoms with E-state index in [2.05, 4.69) is 12.2 Å². The molecule has 1 heterocycles. The van der Waals surface area contributed by atoms with E-state index < -0.39 is 0 Å². The summed E-state index contributed by atoms with van der Waals surface area (Å²) in [5.74, 6) is 0.651. The molecule has 16 heavy (non-hydrogen) atoms. The lowest BCUT2D eigenvalue weighted by Crippen LogP contribution is -2.36. The van der Waals surface area contributed by atoms with Crippen molar-refractivity contribution < 1.29 is 4.39 Å². The van der Waals surface area contributed by atoms with Gasteiger partial charge < -0.3 is 5.32 Å². The van der Waals surface area contributed by atoms with Crippen LogP contribution in [0.4, 0.5) is 4.39 Å². The van der Waals surface area contributed by atoms with Crippen molar-refractivity contribution in [3.63, 3.8) is 0 Å². The molecule has 0 aliphatic carbocycles. The number of hydrogen-bond donors (Lipinski definition) is 1. The second-order valence-corrected chi connectivity index (χ2v) is 4.92. The Hall–Kier alpha value is -0.890. The second-order valence-electron chi connectivity index (χ2n) is 4.92. The SMILES string of the molecule is CC1CCC(CCc2ccc(F)cc2)CN1. The van der Waals surface area contributed by atoms with Crippen molar-refractivity contribution in [2.24, 2.45) is 5.92 Å². The van der Waals surface area contributed by atoms with Crippen LogP contribution in [-0.4, -0.2) is 12.6 Å². The van der Waals surface area contributed by atoms with Crippen LogP contribution in [0.2, 0.25) is 0 Å². The molecule has 2 rings (SSSR count). The predicted octanol–water partition coefficient (Wildman–Crippen LogP) is 3.15. The zero-order valence-corrected chi connectivity index (χ0v) is 9.88. The van der Waals surface area contributed by atoms with Crippen LogP contribution in [0.25, 0.3) is 0 Å². The van der Waals surface area contributed by atoms with Gasteiger partial charge in [-0.1, -0.05) is 12.1 Å². The van der Waals surface area contributed by atoms with E-state index in [9.17, 15) is 4.39 Å². The smallest absolute Gasteiger partial charge is 0.123 e.